The van der Waals surface area contributed by atoms with Crippen LogP contribution in [0, 0.1) is 0 Å². The Bertz CT molecular complexity index is 876. The lowest BCUT2D eigenvalue weighted by molar-refractivity contribution is 0.252. The molecule has 0 aliphatic carbocycles. The van der Waals surface area contributed by atoms with Crippen LogP contribution in [0.2, 0.25) is 0 Å². The van der Waals surface area contributed by atoms with Crippen molar-refractivity contribution < 1.29 is 4.79 Å². The van der Waals surface area contributed by atoms with Crippen LogP contribution >= 0.6 is 0 Å². The summed E-state index contributed by atoms with van der Waals surface area (Å²) in [5.41, 5.74) is 2.94. The number of benzene rings is 1. The summed E-state index contributed by atoms with van der Waals surface area (Å²) in [6.45, 7) is 4.82. The van der Waals surface area contributed by atoms with Gasteiger partial charge in [0.15, 0.2) is 0 Å². The van der Waals surface area contributed by atoms with E-state index in [0.29, 0.717) is 18.9 Å². The number of para-hydroxylation sites is 1. The third-order valence-electron chi connectivity index (χ3n) is 4.58. The number of hydrogen-bond acceptors (Lipinski definition) is 3. The van der Waals surface area contributed by atoms with Gasteiger partial charge in [-0.2, -0.15) is 0 Å². The highest BCUT2D eigenvalue weighted by molar-refractivity contribution is 5.90. The van der Waals surface area contributed by atoms with E-state index in [1.807, 2.05) is 47.2 Å². The van der Waals surface area contributed by atoms with Gasteiger partial charge in [0.1, 0.15) is 12.1 Å². The van der Waals surface area contributed by atoms with Gasteiger partial charge in [-0.3, -0.25) is 4.57 Å². The van der Waals surface area contributed by atoms with Crippen molar-refractivity contribution in [2.24, 2.45) is 0 Å². The largest absolute Gasteiger partial charge is 0.337 e. The van der Waals surface area contributed by atoms with E-state index < -0.39 is 0 Å². The van der Waals surface area contributed by atoms with Crippen molar-refractivity contribution >= 4 is 11.7 Å². The monoisotopic (exact) mass is 363 g/mol. The Hall–Kier alpha value is -3.15. The van der Waals surface area contributed by atoms with E-state index in [0.717, 1.165) is 29.2 Å². The van der Waals surface area contributed by atoms with Crippen molar-refractivity contribution in [2.75, 3.05) is 11.9 Å². The average Bonchev–Trinajstić information content (AvgIpc) is 3.23. The third kappa shape index (κ3) is 4.94. The topological polar surface area (TPSA) is 71.8 Å². The summed E-state index contributed by atoms with van der Waals surface area (Å²) in [6.07, 6.45) is 6.97. The quantitative estimate of drug-likeness (QED) is 0.662. The predicted octanol–water partition coefficient (Wildman–Crippen LogP) is 4.15. The zero-order chi connectivity index (χ0) is 19.1. The molecule has 0 radical (unpaired) electrons. The molecule has 3 rings (SSSR count). The molecular formula is C21H25N5O. The zero-order valence-electron chi connectivity index (χ0n) is 15.7. The minimum atomic E-state index is -0.198. The lowest BCUT2D eigenvalue weighted by Gasteiger charge is -2.16. The van der Waals surface area contributed by atoms with Gasteiger partial charge in [0.25, 0.3) is 0 Å². The van der Waals surface area contributed by atoms with E-state index in [1.54, 1.807) is 12.5 Å². The Morgan fingerprint density at radius 3 is 2.81 bits per heavy atom. The molecule has 0 saturated heterocycles. The Labute approximate surface area is 159 Å². The Balaban J connectivity index is 1.54. The van der Waals surface area contributed by atoms with Crippen LogP contribution in [-0.4, -0.2) is 27.1 Å². The van der Waals surface area contributed by atoms with Crippen molar-refractivity contribution in [1.82, 2.24) is 19.9 Å². The number of amides is 2. The fraction of sp³-hybridized carbons (Fsp3) is 0.286. The number of carbonyl (C=O) groups is 1. The van der Waals surface area contributed by atoms with E-state index in [9.17, 15) is 4.79 Å². The smallest absolute Gasteiger partial charge is 0.319 e. The van der Waals surface area contributed by atoms with Crippen LogP contribution in [0.1, 0.15) is 37.4 Å². The van der Waals surface area contributed by atoms with Crippen molar-refractivity contribution in [3.05, 3.63) is 72.4 Å². The minimum absolute atomic E-state index is 0.198. The molecular weight excluding hydrogens is 338 g/mol. The molecule has 0 spiro atoms. The number of nitrogens with zero attached hydrogens (tertiary/aromatic N) is 3. The summed E-state index contributed by atoms with van der Waals surface area (Å²) in [6, 6.07) is 13.6. The van der Waals surface area contributed by atoms with E-state index in [1.165, 1.54) is 0 Å². The van der Waals surface area contributed by atoms with Crippen molar-refractivity contribution in [3.63, 3.8) is 0 Å². The van der Waals surface area contributed by atoms with Crippen LogP contribution in [0.5, 0.6) is 0 Å². The van der Waals surface area contributed by atoms with Gasteiger partial charge in [0, 0.05) is 36.7 Å². The van der Waals surface area contributed by atoms with Gasteiger partial charge >= 0.3 is 6.03 Å². The second-order valence-electron chi connectivity index (χ2n) is 6.48. The van der Waals surface area contributed by atoms with Crippen LogP contribution in [0.4, 0.5) is 10.5 Å². The fourth-order valence-corrected chi connectivity index (χ4v) is 2.88. The molecule has 2 heterocycles. The SMILES string of the molecule is CCC(C)c1ccccc1NC(=O)NCCc1cccc(-n2ccnc2)n1. The Morgan fingerprint density at radius 1 is 1.19 bits per heavy atom. The molecule has 1 unspecified atom stereocenters. The number of anilines is 1. The molecule has 0 bridgehead atoms. The maximum Gasteiger partial charge on any atom is 0.319 e. The standard InChI is InChI=1S/C21H25N5O/c1-3-16(2)18-8-4-5-9-19(18)25-21(27)23-12-11-17-7-6-10-20(24-17)26-14-13-22-15-26/h4-10,13-16H,3,11-12H2,1-2H3,(H2,23,25,27). The second-order valence-corrected chi connectivity index (χ2v) is 6.48. The molecule has 2 N–H and O–H groups in total. The number of hydrogen-bond donors (Lipinski definition) is 2. The molecule has 6 nitrogen and oxygen atoms in total. The summed E-state index contributed by atoms with van der Waals surface area (Å²) in [7, 11) is 0. The molecule has 2 aromatic heterocycles. The maximum atomic E-state index is 12.3. The Kier molecular flexibility index (Phi) is 6.20. The van der Waals surface area contributed by atoms with Gasteiger partial charge in [0.05, 0.1) is 0 Å². The van der Waals surface area contributed by atoms with E-state index in [-0.39, 0.29) is 6.03 Å². The van der Waals surface area contributed by atoms with Gasteiger partial charge < -0.3 is 10.6 Å². The molecule has 1 aromatic carbocycles. The molecule has 27 heavy (non-hydrogen) atoms. The molecule has 140 valence electrons. The molecule has 3 aromatic rings. The van der Waals surface area contributed by atoms with Crippen LogP contribution in [-0.2, 0) is 6.42 Å². The molecule has 6 heteroatoms. The molecule has 2 amide bonds. The number of carbonyl (C=O) groups excluding carboxylic acids is 1. The van der Waals surface area contributed by atoms with Gasteiger partial charge in [-0.25, -0.2) is 14.8 Å². The first-order valence-electron chi connectivity index (χ1n) is 9.25. The Morgan fingerprint density at radius 2 is 2.04 bits per heavy atom. The van der Waals surface area contributed by atoms with Crippen LogP contribution in [0.3, 0.4) is 0 Å². The lowest BCUT2D eigenvalue weighted by Crippen LogP contribution is -2.31. The van der Waals surface area contributed by atoms with Crippen LogP contribution in [0.25, 0.3) is 5.82 Å². The summed E-state index contributed by atoms with van der Waals surface area (Å²) in [5.74, 6) is 1.22. The van der Waals surface area contributed by atoms with Gasteiger partial charge in [-0.1, -0.05) is 38.1 Å². The highest BCUT2D eigenvalue weighted by Gasteiger charge is 2.10. The zero-order valence-corrected chi connectivity index (χ0v) is 15.7. The van der Waals surface area contributed by atoms with E-state index in [4.69, 9.17) is 0 Å². The van der Waals surface area contributed by atoms with Gasteiger partial charge in [-0.15, -0.1) is 0 Å². The first-order chi connectivity index (χ1) is 13.2. The van der Waals surface area contributed by atoms with Crippen molar-refractivity contribution in [3.8, 4) is 5.82 Å². The summed E-state index contributed by atoms with van der Waals surface area (Å²) in [5, 5.41) is 5.87. The average molecular weight is 363 g/mol. The van der Waals surface area contributed by atoms with E-state index >= 15 is 0 Å². The van der Waals surface area contributed by atoms with E-state index in [2.05, 4.69) is 40.5 Å². The van der Waals surface area contributed by atoms with Crippen LogP contribution in [0.15, 0.2) is 61.2 Å². The number of nitrogens with one attached hydrogen (secondary N) is 2. The first-order valence-corrected chi connectivity index (χ1v) is 9.25. The fourth-order valence-electron chi connectivity index (χ4n) is 2.88. The van der Waals surface area contributed by atoms with Gasteiger partial charge in [0.2, 0.25) is 0 Å². The molecule has 0 aliphatic heterocycles. The second kappa shape index (κ2) is 8.98. The third-order valence-corrected chi connectivity index (χ3v) is 4.58. The van der Waals surface area contributed by atoms with Gasteiger partial charge in [-0.05, 0) is 36.1 Å². The molecule has 1 atom stereocenters. The number of imidazole rings is 1. The van der Waals surface area contributed by atoms with Crippen molar-refractivity contribution in [2.45, 2.75) is 32.6 Å². The lowest BCUT2D eigenvalue weighted by atomic mass is 9.97. The highest BCUT2D eigenvalue weighted by atomic mass is 16.2. The molecule has 0 aliphatic rings. The summed E-state index contributed by atoms with van der Waals surface area (Å²) < 4.78 is 1.86. The van der Waals surface area contributed by atoms with Crippen LogP contribution < -0.4 is 10.6 Å². The number of rotatable bonds is 7. The maximum absolute atomic E-state index is 12.3. The molecule has 0 saturated carbocycles. The summed E-state index contributed by atoms with van der Waals surface area (Å²) in [4.78, 5) is 20.9. The minimum Gasteiger partial charge on any atom is -0.337 e. The molecule has 0 fully saturated rings. The number of pyridine rings is 1. The first kappa shape index (κ1) is 18.6. The summed E-state index contributed by atoms with van der Waals surface area (Å²) >= 11 is 0. The number of aromatic nitrogens is 3. The normalized spacial score (nSPS) is 11.8. The number of urea groups is 1. The van der Waals surface area contributed by atoms with Crippen molar-refractivity contribution in [1.29, 1.82) is 0 Å². The predicted molar refractivity (Wildman–Crippen MR) is 107 cm³/mol. The highest BCUT2D eigenvalue weighted by Crippen LogP contribution is 2.26.